The second kappa shape index (κ2) is 6.91. The lowest BCUT2D eigenvalue weighted by atomic mass is 10.2. The average molecular weight is 364 g/mol. The Balaban J connectivity index is 1.96. The standard InChI is InChI=1S/C17H14ClNO2S2/c1-2-22-15-14(13-8-5-9-23-13)16(20)19(17(15)21)10-11-6-3-4-7-12(11)18/h3-9H,2,10H2,1H3. The number of carbonyl (C=O) groups is 2. The van der Waals surface area contributed by atoms with Crippen molar-refractivity contribution in [2.45, 2.75) is 13.5 Å². The molecule has 2 aromatic rings. The third kappa shape index (κ3) is 3.09. The molecule has 0 saturated carbocycles. The fourth-order valence-corrected chi connectivity index (χ4v) is 4.30. The lowest BCUT2D eigenvalue weighted by Crippen LogP contribution is -2.31. The number of carbonyl (C=O) groups excluding carboxylic acids is 2. The van der Waals surface area contributed by atoms with Gasteiger partial charge in [0.15, 0.2) is 0 Å². The van der Waals surface area contributed by atoms with Crippen molar-refractivity contribution in [2.75, 3.05) is 5.75 Å². The van der Waals surface area contributed by atoms with E-state index in [9.17, 15) is 9.59 Å². The number of thioether (sulfide) groups is 1. The molecule has 2 amide bonds. The maximum atomic E-state index is 12.8. The SMILES string of the molecule is CCSC1=C(c2cccs2)C(=O)N(Cc2ccccc2Cl)C1=O. The number of hydrogen-bond donors (Lipinski definition) is 0. The molecule has 0 spiro atoms. The van der Waals surface area contributed by atoms with Gasteiger partial charge in [-0.15, -0.1) is 23.1 Å². The summed E-state index contributed by atoms with van der Waals surface area (Å²) in [5, 5.41) is 2.47. The summed E-state index contributed by atoms with van der Waals surface area (Å²) < 4.78 is 0. The molecule has 1 aliphatic heterocycles. The number of thiophene rings is 1. The van der Waals surface area contributed by atoms with Gasteiger partial charge in [0.1, 0.15) is 0 Å². The minimum absolute atomic E-state index is 0.194. The molecule has 6 heteroatoms. The lowest BCUT2D eigenvalue weighted by Gasteiger charge is -2.15. The number of imide groups is 1. The van der Waals surface area contributed by atoms with Crippen molar-refractivity contribution >= 4 is 52.1 Å². The highest BCUT2D eigenvalue weighted by atomic mass is 35.5. The average Bonchev–Trinajstić information content (AvgIpc) is 3.13. The highest BCUT2D eigenvalue weighted by molar-refractivity contribution is 8.04. The van der Waals surface area contributed by atoms with Gasteiger partial charge in [-0.05, 0) is 28.8 Å². The number of nitrogens with zero attached hydrogens (tertiary/aromatic N) is 1. The van der Waals surface area contributed by atoms with Crippen LogP contribution in [0.4, 0.5) is 0 Å². The van der Waals surface area contributed by atoms with Crippen molar-refractivity contribution in [1.82, 2.24) is 4.90 Å². The van der Waals surface area contributed by atoms with E-state index >= 15 is 0 Å². The highest BCUT2D eigenvalue weighted by Crippen LogP contribution is 2.38. The Kier molecular flexibility index (Phi) is 4.90. The Bertz CT molecular complexity index is 784. The molecule has 0 bridgehead atoms. The van der Waals surface area contributed by atoms with Gasteiger partial charge < -0.3 is 0 Å². The molecule has 0 N–H and O–H groups in total. The predicted molar refractivity (Wildman–Crippen MR) is 96.4 cm³/mol. The van der Waals surface area contributed by atoms with Gasteiger partial charge in [-0.1, -0.05) is 42.8 Å². The second-order valence-corrected chi connectivity index (χ2v) is 7.53. The van der Waals surface area contributed by atoms with Gasteiger partial charge in [-0.2, -0.15) is 0 Å². The van der Waals surface area contributed by atoms with Crippen LogP contribution in [0.15, 0.2) is 46.7 Å². The van der Waals surface area contributed by atoms with Crippen LogP contribution in [0.2, 0.25) is 5.02 Å². The Morgan fingerprint density at radius 3 is 2.57 bits per heavy atom. The largest absolute Gasteiger partial charge is 0.269 e. The number of halogens is 1. The predicted octanol–water partition coefficient (Wildman–Crippen LogP) is 4.43. The van der Waals surface area contributed by atoms with Gasteiger partial charge >= 0.3 is 0 Å². The summed E-state index contributed by atoms with van der Waals surface area (Å²) in [6.07, 6.45) is 0. The first-order chi connectivity index (χ1) is 11.1. The third-order valence-electron chi connectivity index (χ3n) is 3.47. The van der Waals surface area contributed by atoms with Crippen LogP contribution in [0.5, 0.6) is 0 Å². The summed E-state index contributed by atoms with van der Waals surface area (Å²) in [5.41, 5.74) is 1.29. The minimum atomic E-state index is -0.242. The first kappa shape index (κ1) is 16.3. The van der Waals surface area contributed by atoms with Crippen molar-refractivity contribution in [2.24, 2.45) is 0 Å². The number of hydrogen-bond acceptors (Lipinski definition) is 4. The maximum Gasteiger partial charge on any atom is 0.268 e. The second-order valence-electron chi connectivity index (χ2n) is 4.90. The zero-order chi connectivity index (χ0) is 16.4. The molecule has 0 unspecified atom stereocenters. The van der Waals surface area contributed by atoms with Crippen molar-refractivity contribution in [3.8, 4) is 0 Å². The van der Waals surface area contributed by atoms with Crippen LogP contribution < -0.4 is 0 Å². The van der Waals surface area contributed by atoms with Crippen LogP contribution in [0, 0.1) is 0 Å². The Labute approximate surface area is 147 Å². The molecular weight excluding hydrogens is 350 g/mol. The van der Waals surface area contributed by atoms with Crippen LogP contribution in [0.3, 0.4) is 0 Å². The zero-order valence-corrected chi connectivity index (χ0v) is 14.8. The van der Waals surface area contributed by atoms with Crippen LogP contribution >= 0.6 is 34.7 Å². The van der Waals surface area contributed by atoms with Gasteiger partial charge in [-0.25, -0.2) is 0 Å². The molecule has 0 aliphatic carbocycles. The van der Waals surface area contributed by atoms with Gasteiger partial charge in [0.25, 0.3) is 11.8 Å². The summed E-state index contributed by atoms with van der Waals surface area (Å²) >= 11 is 9.05. The van der Waals surface area contributed by atoms with E-state index in [0.717, 1.165) is 16.2 Å². The van der Waals surface area contributed by atoms with Crippen LogP contribution in [-0.4, -0.2) is 22.5 Å². The van der Waals surface area contributed by atoms with E-state index in [2.05, 4.69) is 0 Å². The Hall–Kier alpha value is -1.56. The van der Waals surface area contributed by atoms with E-state index in [1.54, 1.807) is 6.07 Å². The lowest BCUT2D eigenvalue weighted by molar-refractivity contribution is -0.137. The van der Waals surface area contributed by atoms with Crippen molar-refractivity contribution in [3.05, 3.63) is 62.1 Å². The molecule has 3 rings (SSSR count). The molecular formula is C17H14ClNO2S2. The van der Waals surface area contributed by atoms with Crippen molar-refractivity contribution < 1.29 is 9.59 Å². The molecule has 23 heavy (non-hydrogen) atoms. The molecule has 1 aromatic carbocycles. The van der Waals surface area contributed by atoms with E-state index in [0.29, 0.717) is 15.5 Å². The molecule has 1 aromatic heterocycles. The topological polar surface area (TPSA) is 37.4 Å². The molecule has 0 radical (unpaired) electrons. The molecule has 2 heterocycles. The molecule has 0 atom stereocenters. The number of amides is 2. The minimum Gasteiger partial charge on any atom is -0.269 e. The zero-order valence-electron chi connectivity index (χ0n) is 12.4. The van der Waals surface area contributed by atoms with Crippen molar-refractivity contribution in [3.63, 3.8) is 0 Å². The number of rotatable bonds is 5. The van der Waals surface area contributed by atoms with E-state index in [4.69, 9.17) is 11.6 Å². The van der Waals surface area contributed by atoms with Crippen LogP contribution in [0.25, 0.3) is 5.57 Å². The fourth-order valence-electron chi connectivity index (χ4n) is 2.41. The first-order valence-electron chi connectivity index (χ1n) is 7.14. The molecule has 1 aliphatic rings. The van der Waals surface area contributed by atoms with Gasteiger partial charge in [0, 0.05) is 9.90 Å². The summed E-state index contributed by atoms with van der Waals surface area (Å²) in [6, 6.07) is 11.0. The smallest absolute Gasteiger partial charge is 0.268 e. The molecule has 0 saturated heterocycles. The third-order valence-corrected chi connectivity index (χ3v) is 5.68. The summed E-state index contributed by atoms with van der Waals surface area (Å²) in [5.74, 6) is 0.266. The summed E-state index contributed by atoms with van der Waals surface area (Å²) in [7, 11) is 0. The molecule has 118 valence electrons. The summed E-state index contributed by atoms with van der Waals surface area (Å²) in [4.78, 5) is 28.2. The maximum absolute atomic E-state index is 12.8. The monoisotopic (exact) mass is 363 g/mol. The summed E-state index contributed by atoms with van der Waals surface area (Å²) in [6.45, 7) is 2.16. The quantitative estimate of drug-likeness (QED) is 0.737. The normalized spacial score (nSPS) is 15.0. The van der Waals surface area contributed by atoms with Gasteiger partial charge in [0.2, 0.25) is 0 Å². The van der Waals surface area contributed by atoms with E-state index in [-0.39, 0.29) is 18.4 Å². The van der Waals surface area contributed by atoms with Crippen molar-refractivity contribution in [1.29, 1.82) is 0 Å². The van der Waals surface area contributed by atoms with E-state index < -0.39 is 0 Å². The Morgan fingerprint density at radius 1 is 1.13 bits per heavy atom. The van der Waals surface area contributed by atoms with Crippen LogP contribution in [-0.2, 0) is 16.1 Å². The molecule has 3 nitrogen and oxygen atoms in total. The first-order valence-corrected chi connectivity index (χ1v) is 9.38. The fraction of sp³-hybridized carbons (Fsp3) is 0.176. The molecule has 0 fully saturated rings. The van der Waals surface area contributed by atoms with E-state index in [1.807, 2.05) is 42.6 Å². The Morgan fingerprint density at radius 2 is 1.91 bits per heavy atom. The number of benzene rings is 1. The van der Waals surface area contributed by atoms with E-state index in [1.165, 1.54) is 28.0 Å². The van der Waals surface area contributed by atoms with Gasteiger partial charge in [0.05, 0.1) is 17.0 Å². The highest BCUT2D eigenvalue weighted by Gasteiger charge is 2.39. The van der Waals surface area contributed by atoms with Gasteiger partial charge in [-0.3, -0.25) is 14.5 Å². The van der Waals surface area contributed by atoms with Crippen LogP contribution in [0.1, 0.15) is 17.4 Å².